The van der Waals surface area contributed by atoms with Crippen LogP contribution in [0.1, 0.15) is 46.0 Å². The van der Waals surface area contributed by atoms with Crippen LogP contribution in [0.4, 0.5) is 0 Å². The van der Waals surface area contributed by atoms with Crippen molar-refractivity contribution in [2.75, 3.05) is 0 Å². The molecule has 5 heteroatoms. The minimum Gasteiger partial charge on any atom is -0.480 e. The Hall–Kier alpha value is -1.10. The summed E-state index contributed by atoms with van der Waals surface area (Å²) >= 11 is 0. The number of aliphatic carboxylic acids is 1. The van der Waals surface area contributed by atoms with Crippen LogP contribution < -0.4 is 11.1 Å². The first-order valence-corrected chi connectivity index (χ1v) is 6.15. The van der Waals surface area contributed by atoms with E-state index in [2.05, 4.69) is 5.32 Å². The lowest BCUT2D eigenvalue weighted by Crippen LogP contribution is -2.48. The summed E-state index contributed by atoms with van der Waals surface area (Å²) in [4.78, 5) is 22.7. The highest BCUT2D eigenvalue weighted by molar-refractivity contribution is 5.84. The molecule has 1 saturated carbocycles. The fraction of sp³-hybridized carbons (Fsp3) is 0.833. The summed E-state index contributed by atoms with van der Waals surface area (Å²) in [5, 5.41) is 11.5. The van der Waals surface area contributed by atoms with E-state index in [0.29, 0.717) is 0 Å². The fourth-order valence-corrected chi connectivity index (χ4v) is 2.31. The van der Waals surface area contributed by atoms with Crippen LogP contribution in [0.15, 0.2) is 0 Å². The number of carbonyl (C=O) groups is 2. The van der Waals surface area contributed by atoms with Crippen LogP contribution in [-0.2, 0) is 9.59 Å². The predicted octanol–water partition coefficient (Wildman–Crippen LogP) is 0.873. The van der Waals surface area contributed by atoms with Crippen molar-refractivity contribution in [3.8, 4) is 0 Å². The van der Waals surface area contributed by atoms with Crippen LogP contribution in [0.3, 0.4) is 0 Å². The van der Waals surface area contributed by atoms with Gasteiger partial charge < -0.3 is 16.2 Å². The molecule has 0 aromatic rings. The molecular weight excluding hydrogens is 220 g/mol. The number of hydrogen-bond acceptors (Lipinski definition) is 3. The van der Waals surface area contributed by atoms with Crippen LogP contribution in [0.25, 0.3) is 0 Å². The zero-order valence-electron chi connectivity index (χ0n) is 10.5. The first-order chi connectivity index (χ1) is 7.84. The van der Waals surface area contributed by atoms with Crippen molar-refractivity contribution in [1.82, 2.24) is 5.32 Å². The van der Waals surface area contributed by atoms with Gasteiger partial charge >= 0.3 is 5.97 Å². The number of amides is 1. The fourth-order valence-electron chi connectivity index (χ4n) is 2.31. The molecule has 0 radical (unpaired) electrons. The van der Waals surface area contributed by atoms with E-state index in [-0.39, 0.29) is 18.2 Å². The minimum absolute atomic E-state index is 0.131. The molecule has 0 heterocycles. The second kappa shape index (κ2) is 5.49. The lowest BCUT2D eigenvalue weighted by Gasteiger charge is -2.25. The highest BCUT2D eigenvalue weighted by Crippen LogP contribution is 2.29. The summed E-state index contributed by atoms with van der Waals surface area (Å²) in [5.41, 5.74) is 5.65. The zero-order chi connectivity index (χ0) is 13.1. The number of carboxylic acids is 1. The van der Waals surface area contributed by atoms with Gasteiger partial charge in [0.2, 0.25) is 5.91 Å². The summed E-state index contributed by atoms with van der Waals surface area (Å²) in [6, 6.07) is -0.826. The SMILES string of the molecule is CC(C)[C@@H](NC(=O)CC1(N)CCCC1)C(=O)O. The van der Waals surface area contributed by atoms with E-state index < -0.39 is 17.6 Å². The second-order valence-electron chi connectivity index (χ2n) is 5.37. The summed E-state index contributed by atoms with van der Waals surface area (Å²) in [7, 11) is 0. The number of carbonyl (C=O) groups excluding carboxylic acids is 1. The van der Waals surface area contributed by atoms with Gasteiger partial charge in [0.15, 0.2) is 0 Å². The Morgan fingerprint density at radius 3 is 2.29 bits per heavy atom. The van der Waals surface area contributed by atoms with Gasteiger partial charge in [0.1, 0.15) is 6.04 Å². The van der Waals surface area contributed by atoms with Crippen molar-refractivity contribution in [1.29, 1.82) is 0 Å². The Kier molecular flexibility index (Phi) is 4.51. The number of hydrogen-bond donors (Lipinski definition) is 3. The highest BCUT2D eigenvalue weighted by Gasteiger charge is 2.33. The van der Waals surface area contributed by atoms with E-state index in [9.17, 15) is 9.59 Å². The first kappa shape index (κ1) is 14.0. The smallest absolute Gasteiger partial charge is 0.326 e. The molecule has 17 heavy (non-hydrogen) atoms. The van der Waals surface area contributed by atoms with Crippen LogP contribution in [0.5, 0.6) is 0 Å². The normalized spacial score (nSPS) is 20.2. The average molecular weight is 242 g/mol. The second-order valence-corrected chi connectivity index (χ2v) is 5.37. The monoisotopic (exact) mass is 242 g/mol. The molecule has 0 bridgehead atoms. The van der Waals surface area contributed by atoms with Crippen LogP contribution in [0.2, 0.25) is 0 Å². The first-order valence-electron chi connectivity index (χ1n) is 6.15. The molecule has 1 atom stereocenters. The van der Waals surface area contributed by atoms with E-state index in [1.54, 1.807) is 13.8 Å². The summed E-state index contributed by atoms with van der Waals surface area (Å²) in [6.07, 6.45) is 4.02. The molecule has 1 aliphatic rings. The molecule has 0 aromatic heterocycles. The molecule has 1 rings (SSSR count). The maximum atomic E-state index is 11.8. The minimum atomic E-state index is -0.995. The lowest BCUT2D eigenvalue weighted by atomic mass is 9.94. The van der Waals surface area contributed by atoms with Gasteiger partial charge in [-0.3, -0.25) is 4.79 Å². The zero-order valence-corrected chi connectivity index (χ0v) is 10.5. The number of nitrogens with one attached hydrogen (secondary N) is 1. The van der Waals surface area contributed by atoms with E-state index in [0.717, 1.165) is 25.7 Å². The predicted molar refractivity (Wildman–Crippen MR) is 64.4 cm³/mol. The summed E-state index contributed by atoms with van der Waals surface area (Å²) < 4.78 is 0. The number of carboxylic acid groups (broad SMARTS) is 1. The van der Waals surface area contributed by atoms with E-state index >= 15 is 0 Å². The summed E-state index contributed by atoms with van der Waals surface area (Å²) in [6.45, 7) is 3.54. The Morgan fingerprint density at radius 1 is 1.35 bits per heavy atom. The van der Waals surface area contributed by atoms with Crippen LogP contribution >= 0.6 is 0 Å². The van der Waals surface area contributed by atoms with Gasteiger partial charge in [-0.1, -0.05) is 26.7 Å². The molecule has 0 spiro atoms. The third-order valence-corrected chi connectivity index (χ3v) is 3.36. The van der Waals surface area contributed by atoms with Gasteiger partial charge in [0, 0.05) is 12.0 Å². The quantitative estimate of drug-likeness (QED) is 0.667. The van der Waals surface area contributed by atoms with E-state index in [4.69, 9.17) is 10.8 Å². The van der Waals surface area contributed by atoms with Crippen molar-refractivity contribution in [2.45, 2.75) is 57.5 Å². The van der Waals surface area contributed by atoms with Gasteiger partial charge in [-0.15, -0.1) is 0 Å². The Balaban J connectivity index is 2.50. The highest BCUT2D eigenvalue weighted by atomic mass is 16.4. The van der Waals surface area contributed by atoms with E-state index in [1.807, 2.05) is 0 Å². The Morgan fingerprint density at radius 2 is 1.88 bits per heavy atom. The molecule has 0 aromatic carbocycles. The van der Waals surface area contributed by atoms with Crippen LogP contribution in [-0.4, -0.2) is 28.6 Å². The molecule has 5 nitrogen and oxygen atoms in total. The van der Waals surface area contributed by atoms with Crippen molar-refractivity contribution >= 4 is 11.9 Å². The molecule has 4 N–H and O–H groups in total. The van der Waals surface area contributed by atoms with E-state index in [1.165, 1.54) is 0 Å². The lowest BCUT2D eigenvalue weighted by molar-refractivity contribution is -0.143. The Labute approximate surface area is 102 Å². The number of rotatable bonds is 5. The van der Waals surface area contributed by atoms with Gasteiger partial charge in [0.25, 0.3) is 0 Å². The van der Waals surface area contributed by atoms with Gasteiger partial charge in [-0.05, 0) is 18.8 Å². The largest absolute Gasteiger partial charge is 0.480 e. The van der Waals surface area contributed by atoms with Gasteiger partial charge in [-0.2, -0.15) is 0 Å². The molecule has 1 aliphatic carbocycles. The van der Waals surface area contributed by atoms with Crippen molar-refractivity contribution in [3.05, 3.63) is 0 Å². The standard InChI is InChI=1S/C12H22N2O3/c1-8(2)10(11(16)17)14-9(15)7-12(13)5-3-4-6-12/h8,10H,3-7,13H2,1-2H3,(H,14,15)(H,16,17)/t10-/m1/s1. The topological polar surface area (TPSA) is 92.4 Å². The molecule has 1 amide bonds. The molecule has 0 aliphatic heterocycles. The van der Waals surface area contributed by atoms with Crippen LogP contribution in [0, 0.1) is 5.92 Å². The molecule has 0 unspecified atom stereocenters. The maximum Gasteiger partial charge on any atom is 0.326 e. The summed E-state index contributed by atoms with van der Waals surface area (Å²) in [5.74, 6) is -1.38. The molecular formula is C12H22N2O3. The number of nitrogens with two attached hydrogens (primary N) is 1. The van der Waals surface area contributed by atoms with Gasteiger partial charge in [0.05, 0.1) is 0 Å². The maximum absolute atomic E-state index is 11.8. The third-order valence-electron chi connectivity index (χ3n) is 3.36. The van der Waals surface area contributed by atoms with Crippen molar-refractivity contribution in [3.63, 3.8) is 0 Å². The Bertz CT molecular complexity index is 296. The third kappa shape index (κ3) is 4.00. The molecule has 0 saturated heterocycles. The molecule has 1 fully saturated rings. The molecule has 98 valence electrons. The average Bonchev–Trinajstić information content (AvgIpc) is 2.60. The van der Waals surface area contributed by atoms with Crippen molar-refractivity contribution < 1.29 is 14.7 Å². The van der Waals surface area contributed by atoms with Crippen molar-refractivity contribution in [2.24, 2.45) is 11.7 Å². The van der Waals surface area contributed by atoms with Gasteiger partial charge in [-0.25, -0.2) is 4.79 Å².